The maximum atomic E-state index is 11.6. The normalized spacial score (nSPS) is 11.2. The average molecular weight is 530 g/mol. The van der Waals surface area contributed by atoms with E-state index in [1.54, 1.807) is 0 Å². The highest BCUT2D eigenvalue weighted by Gasteiger charge is 2.15. The summed E-state index contributed by atoms with van der Waals surface area (Å²) in [5.74, 6) is 2.12. The minimum Gasteiger partial charge on any atom is -0.494 e. The Kier molecular flexibility index (Phi) is 9.90. The van der Waals surface area contributed by atoms with E-state index in [9.17, 15) is 9.90 Å². The third-order valence-corrected chi connectivity index (χ3v) is 6.47. The molecular weight excluding hydrogens is 490 g/mol. The zero-order chi connectivity index (χ0) is 27.6. The van der Waals surface area contributed by atoms with Gasteiger partial charge in [-0.1, -0.05) is 39.0 Å². The van der Waals surface area contributed by atoms with Gasteiger partial charge >= 0.3 is 5.97 Å². The SMILES string of the molecule is CCCCCCCCOc1ccc(-n2c(CC(=O)O)cc3cc(Oc4ccc(OC(C)C)cc4)ccc32)cc1. The molecule has 1 N–H and O–H groups in total. The van der Waals surface area contributed by atoms with E-state index in [0.717, 1.165) is 34.5 Å². The van der Waals surface area contributed by atoms with Crippen molar-refractivity contribution in [1.29, 1.82) is 0 Å². The Labute approximate surface area is 231 Å². The van der Waals surface area contributed by atoms with Gasteiger partial charge in [0.25, 0.3) is 0 Å². The summed E-state index contributed by atoms with van der Waals surface area (Å²) in [4.78, 5) is 11.6. The number of ether oxygens (including phenoxy) is 3. The summed E-state index contributed by atoms with van der Waals surface area (Å²) in [6, 6.07) is 23.1. The Morgan fingerprint density at radius 3 is 2.13 bits per heavy atom. The highest BCUT2D eigenvalue weighted by atomic mass is 16.5. The number of carbonyl (C=O) groups is 1. The van der Waals surface area contributed by atoms with Crippen LogP contribution in [0.4, 0.5) is 0 Å². The fourth-order valence-electron chi connectivity index (χ4n) is 4.66. The second-order valence-electron chi connectivity index (χ2n) is 10.1. The number of nitrogens with zero attached hydrogens (tertiary/aromatic N) is 1. The van der Waals surface area contributed by atoms with E-state index >= 15 is 0 Å². The fraction of sp³-hybridized carbons (Fsp3) is 0.364. The quantitative estimate of drug-likeness (QED) is 0.156. The van der Waals surface area contributed by atoms with Crippen molar-refractivity contribution >= 4 is 16.9 Å². The lowest BCUT2D eigenvalue weighted by Crippen LogP contribution is -2.06. The van der Waals surface area contributed by atoms with Gasteiger partial charge in [-0.3, -0.25) is 4.79 Å². The summed E-state index contributed by atoms with van der Waals surface area (Å²) in [5, 5.41) is 10.5. The topological polar surface area (TPSA) is 69.9 Å². The average Bonchev–Trinajstić information content (AvgIpc) is 3.25. The Bertz CT molecular complexity index is 1340. The van der Waals surface area contributed by atoms with Crippen molar-refractivity contribution in [3.05, 3.63) is 78.5 Å². The van der Waals surface area contributed by atoms with Crippen LogP contribution in [0, 0.1) is 0 Å². The molecule has 6 nitrogen and oxygen atoms in total. The molecule has 0 bridgehead atoms. The molecule has 0 fully saturated rings. The summed E-state index contributed by atoms with van der Waals surface area (Å²) >= 11 is 0. The van der Waals surface area contributed by atoms with Crippen LogP contribution in [0.5, 0.6) is 23.0 Å². The van der Waals surface area contributed by atoms with E-state index in [2.05, 4.69) is 6.92 Å². The largest absolute Gasteiger partial charge is 0.494 e. The molecule has 1 aromatic heterocycles. The Morgan fingerprint density at radius 2 is 1.44 bits per heavy atom. The number of carboxylic acid groups (broad SMARTS) is 1. The molecule has 0 saturated heterocycles. The Hall–Kier alpha value is -3.93. The second-order valence-corrected chi connectivity index (χ2v) is 10.1. The molecule has 0 amide bonds. The third kappa shape index (κ3) is 8.03. The number of carboxylic acids is 1. The van der Waals surface area contributed by atoms with Gasteiger partial charge in [-0.05, 0) is 93.1 Å². The summed E-state index contributed by atoms with van der Waals surface area (Å²) in [6.07, 6.45) is 7.38. The van der Waals surface area contributed by atoms with Gasteiger partial charge in [-0.15, -0.1) is 0 Å². The zero-order valence-corrected chi connectivity index (χ0v) is 23.2. The van der Waals surface area contributed by atoms with Crippen LogP contribution in [0.3, 0.4) is 0 Å². The zero-order valence-electron chi connectivity index (χ0n) is 23.2. The van der Waals surface area contributed by atoms with E-state index in [1.165, 1.54) is 32.1 Å². The lowest BCUT2D eigenvalue weighted by Gasteiger charge is -2.12. The second kappa shape index (κ2) is 13.7. The summed E-state index contributed by atoms with van der Waals surface area (Å²) < 4.78 is 19.7. The minimum absolute atomic E-state index is 0.0849. The van der Waals surface area contributed by atoms with Gasteiger partial charge in [0.1, 0.15) is 23.0 Å². The van der Waals surface area contributed by atoms with Crippen LogP contribution in [0.2, 0.25) is 0 Å². The van der Waals surface area contributed by atoms with Crippen molar-refractivity contribution in [1.82, 2.24) is 4.57 Å². The highest BCUT2D eigenvalue weighted by Crippen LogP contribution is 2.31. The molecule has 4 aromatic rings. The molecule has 3 aromatic carbocycles. The van der Waals surface area contributed by atoms with E-state index in [-0.39, 0.29) is 12.5 Å². The number of rotatable bonds is 15. The van der Waals surface area contributed by atoms with Crippen molar-refractivity contribution in [2.75, 3.05) is 6.61 Å². The van der Waals surface area contributed by atoms with Gasteiger partial charge in [-0.2, -0.15) is 0 Å². The number of hydrogen-bond donors (Lipinski definition) is 1. The summed E-state index contributed by atoms with van der Waals surface area (Å²) in [6.45, 7) is 6.91. The van der Waals surface area contributed by atoms with Gasteiger partial charge in [0.15, 0.2) is 0 Å². The van der Waals surface area contributed by atoms with E-state index in [4.69, 9.17) is 14.2 Å². The molecule has 0 aliphatic rings. The summed E-state index contributed by atoms with van der Waals surface area (Å²) in [7, 11) is 0. The van der Waals surface area contributed by atoms with Crippen molar-refractivity contribution < 1.29 is 24.1 Å². The molecule has 6 heteroatoms. The maximum absolute atomic E-state index is 11.6. The molecule has 4 rings (SSSR count). The molecule has 0 aliphatic heterocycles. The first-order valence-corrected chi connectivity index (χ1v) is 14.0. The van der Waals surface area contributed by atoms with Gasteiger partial charge in [-0.25, -0.2) is 0 Å². The van der Waals surface area contributed by atoms with Crippen LogP contribution < -0.4 is 14.2 Å². The number of unbranched alkanes of at least 4 members (excludes halogenated alkanes) is 5. The monoisotopic (exact) mass is 529 g/mol. The number of hydrogen-bond acceptors (Lipinski definition) is 4. The number of aromatic nitrogens is 1. The molecule has 0 aliphatic carbocycles. The van der Waals surface area contributed by atoms with E-state index in [0.29, 0.717) is 23.8 Å². The molecule has 206 valence electrons. The maximum Gasteiger partial charge on any atom is 0.309 e. The molecule has 1 heterocycles. The Morgan fingerprint density at radius 1 is 0.795 bits per heavy atom. The van der Waals surface area contributed by atoms with Crippen LogP contribution in [0.1, 0.15) is 65.0 Å². The van der Waals surface area contributed by atoms with Gasteiger partial charge in [0, 0.05) is 16.8 Å². The van der Waals surface area contributed by atoms with Crippen molar-refractivity contribution in [2.45, 2.75) is 71.8 Å². The van der Waals surface area contributed by atoms with Gasteiger partial charge in [0.05, 0.1) is 24.6 Å². The van der Waals surface area contributed by atoms with Crippen molar-refractivity contribution in [3.63, 3.8) is 0 Å². The van der Waals surface area contributed by atoms with Crippen molar-refractivity contribution in [3.8, 4) is 28.7 Å². The first-order chi connectivity index (χ1) is 18.9. The minimum atomic E-state index is -0.877. The molecule has 0 radical (unpaired) electrons. The number of benzene rings is 3. The van der Waals surface area contributed by atoms with E-state index in [1.807, 2.05) is 91.2 Å². The number of fused-ring (bicyclic) bond motifs is 1. The predicted molar refractivity (Wildman–Crippen MR) is 156 cm³/mol. The van der Waals surface area contributed by atoms with Gasteiger partial charge in [0.2, 0.25) is 0 Å². The molecule has 0 unspecified atom stereocenters. The lowest BCUT2D eigenvalue weighted by molar-refractivity contribution is -0.136. The van der Waals surface area contributed by atoms with Crippen LogP contribution in [0.25, 0.3) is 16.6 Å². The van der Waals surface area contributed by atoms with Crippen LogP contribution >= 0.6 is 0 Å². The predicted octanol–water partition coefficient (Wildman–Crippen LogP) is 8.58. The number of aliphatic carboxylic acids is 1. The first-order valence-electron chi connectivity index (χ1n) is 14.0. The fourth-order valence-corrected chi connectivity index (χ4v) is 4.66. The first kappa shape index (κ1) is 28.1. The summed E-state index contributed by atoms with van der Waals surface area (Å²) in [5.41, 5.74) is 2.51. The standard InChI is InChI=1S/C33H39NO5/c1-4-5-6-7-8-9-20-37-28-12-10-26(11-13-28)34-27(23-33(35)36)21-25-22-31(18-19-32(25)34)39-30-16-14-29(15-17-30)38-24(2)3/h10-19,21-22,24H,4-9,20,23H2,1-3H3,(H,35,36). The third-order valence-electron chi connectivity index (χ3n) is 6.47. The molecular formula is C33H39NO5. The van der Waals surface area contributed by atoms with Gasteiger partial charge < -0.3 is 23.9 Å². The highest BCUT2D eigenvalue weighted by molar-refractivity contribution is 5.86. The Balaban J connectivity index is 1.48. The van der Waals surface area contributed by atoms with Crippen molar-refractivity contribution in [2.24, 2.45) is 0 Å². The van der Waals surface area contributed by atoms with Crippen LogP contribution in [-0.2, 0) is 11.2 Å². The van der Waals surface area contributed by atoms with E-state index < -0.39 is 5.97 Å². The molecule has 0 saturated carbocycles. The van der Waals surface area contributed by atoms with Crippen LogP contribution in [0.15, 0.2) is 72.8 Å². The smallest absolute Gasteiger partial charge is 0.309 e. The molecule has 39 heavy (non-hydrogen) atoms. The molecule has 0 atom stereocenters. The lowest BCUT2D eigenvalue weighted by atomic mass is 10.1. The van der Waals surface area contributed by atoms with Crippen LogP contribution in [-0.4, -0.2) is 28.4 Å². The molecule has 0 spiro atoms.